The topological polar surface area (TPSA) is 138 Å². The van der Waals surface area contributed by atoms with Crippen molar-refractivity contribution in [3.05, 3.63) is 101 Å². The van der Waals surface area contributed by atoms with Gasteiger partial charge < -0.3 is 19.3 Å². The van der Waals surface area contributed by atoms with Gasteiger partial charge in [0.15, 0.2) is 5.69 Å². The summed E-state index contributed by atoms with van der Waals surface area (Å²) < 4.78 is 23.8. The lowest BCUT2D eigenvalue weighted by atomic mass is 10.1. The highest BCUT2D eigenvalue weighted by Crippen LogP contribution is 2.24. The Kier molecular flexibility index (Phi) is 8.16. The second-order valence-corrected chi connectivity index (χ2v) is 10.5. The van der Waals surface area contributed by atoms with Gasteiger partial charge in [-0.3, -0.25) is 4.90 Å². The molecule has 1 saturated heterocycles. The fourth-order valence-electron chi connectivity index (χ4n) is 5.35. The molecule has 0 aliphatic carbocycles. The first-order valence-electron chi connectivity index (χ1n) is 14.3. The van der Waals surface area contributed by atoms with Gasteiger partial charge in [-0.15, -0.1) is 0 Å². The van der Waals surface area contributed by atoms with Gasteiger partial charge in [0.05, 0.1) is 29.2 Å². The molecule has 5 aromatic rings. The van der Waals surface area contributed by atoms with Crippen molar-refractivity contribution in [2.24, 2.45) is 0 Å². The van der Waals surface area contributed by atoms with E-state index in [1.807, 2.05) is 24.4 Å². The summed E-state index contributed by atoms with van der Waals surface area (Å²) >= 11 is 0. The number of carboxylic acid groups (broad SMARTS) is 1. The van der Waals surface area contributed by atoms with Gasteiger partial charge in [0.2, 0.25) is 5.88 Å². The maximum atomic E-state index is 14.3. The average Bonchev–Trinajstić information content (AvgIpc) is 3.64. The molecule has 5 heterocycles. The van der Waals surface area contributed by atoms with Crippen LogP contribution in [0.25, 0.3) is 5.52 Å². The first-order valence-corrected chi connectivity index (χ1v) is 14.3. The third-order valence-corrected chi connectivity index (χ3v) is 7.76. The Balaban J connectivity index is 1.14. The van der Waals surface area contributed by atoms with Crippen LogP contribution in [0, 0.1) is 17.1 Å². The van der Waals surface area contributed by atoms with Crippen LogP contribution in [0.15, 0.2) is 61.3 Å². The van der Waals surface area contributed by atoms with Crippen LogP contribution >= 0.6 is 0 Å². The number of hydrogen-bond acceptors (Lipinski definition) is 9. The summed E-state index contributed by atoms with van der Waals surface area (Å²) in [5.41, 5.74) is 4.16. The summed E-state index contributed by atoms with van der Waals surface area (Å²) in [6.45, 7) is 6.43. The predicted molar refractivity (Wildman–Crippen MR) is 158 cm³/mol. The van der Waals surface area contributed by atoms with E-state index in [1.165, 1.54) is 12.4 Å². The lowest BCUT2D eigenvalue weighted by Gasteiger charge is -2.35. The molecule has 13 heteroatoms. The number of aromatic carboxylic acids is 1. The zero-order valence-electron chi connectivity index (χ0n) is 24.1. The summed E-state index contributed by atoms with van der Waals surface area (Å²) in [6, 6.07) is 13.3. The highest BCUT2D eigenvalue weighted by atomic mass is 19.1. The highest BCUT2D eigenvalue weighted by Gasteiger charge is 2.23. The van der Waals surface area contributed by atoms with Crippen LogP contribution in [0.5, 0.6) is 5.88 Å². The van der Waals surface area contributed by atoms with E-state index in [9.17, 15) is 14.3 Å². The quantitative estimate of drug-likeness (QED) is 0.255. The maximum Gasteiger partial charge on any atom is 0.354 e. The number of fused-ring (bicyclic) bond motifs is 1. The predicted octanol–water partition coefficient (Wildman–Crippen LogP) is 3.54. The van der Waals surface area contributed by atoms with E-state index >= 15 is 0 Å². The maximum absolute atomic E-state index is 14.3. The minimum atomic E-state index is -1.08. The Bertz CT molecular complexity index is 1850. The average molecular weight is 596 g/mol. The van der Waals surface area contributed by atoms with E-state index < -0.39 is 11.8 Å². The molecule has 0 bridgehead atoms. The third-order valence-electron chi connectivity index (χ3n) is 7.76. The first kappa shape index (κ1) is 28.8. The first-order chi connectivity index (χ1) is 21.4. The van der Waals surface area contributed by atoms with E-state index in [0.717, 1.165) is 61.0 Å². The van der Waals surface area contributed by atoms with Crippen molar-refractivity contribution < 1.29 is 19.0 Å². The number of nitriles is 1. The molecule has 4 aromatic heterocycles. The highest BCUT2D eigenvalue weighted by molar-refractivity contribution is 5.87. The van der Waals surface area contributed by atoms with Crippen molar-refractivity contribution in [1.29, 1.82) is 5.26 Å². The Morgan fingerprint density at radius 2 is 1.98 bits per heavy atom. The molecule has 1 aromatic carbocycles. The molecule has 0 atom stereocenters. The lowest BCUT2D eigenvalue weighted by molar-refractivity contribution is 0.0690. The number of benzene rings is 1. The number of ether oxygens (including phenoxy) is 1. The van der Waals surface area contributed by atoms with Gasteiger partial charge in [0.1, 0.15) is 24.6 Å². The van der Waals surface area contributed by atoms with E-state index in [1.54, 1.807) is 35.1 Å². The van der Waals surface area contributed by atoms with Crippen LogP contribution in [0.2, 0.25) is 0 Å². The molecule has 1 N–H and O–H groups in total. The second-order valence-electron chi connectivity index (χ2n) is 10.5. The Morgan fingerprint density at radius 1 is 1.14 bits per heavy atom. The number of carbonyl (C=O) groups is 1. The van der Waals surface area contributed by atoms with Gasteiger partial charge in [0.25, 0.3) is 0 Å². The van der Waals surface area contributed by atoms with Crippen LogP contribution in [-0.4, -0.2) is 71.3 Å². The third kappa shape index (κ3) is 6.06. The number of aromatic nitrogens is 6. The number of nitrogens with zero attached hydrogens (tertiary/aromatic N) is 9. The van der Waals surface area contributed by atoms with Gasteiger partial charge in [-0.2, -0.15) is 15.3 Å². The summed E-state index contributed by atoms with van der Waals surface area (Å²) in [7, 11) is 0. The fraction of sp³-hybridized carbons (Fsp3) is 0.290. The van der Waals surface area contributed by atoms with Crippen molar-refractivity contribution in [1.82, 2.24) is 34.0 Å². The number of rotatable bonds is 10. The zero-order valence-corrected chi connectivity index (χ0v) is 24.1. The number of imidazole rings is 1. The number of pyridine rings is 1. The molecule has 224 valence electrons. The van der Waals surface area contributed by atoms with Crippen molar-refractivity contribution in [2.45, 2.75) is 33.0 Å². The molecule has 6 rings (SSSR count). The summed E-state index contributed by atoms with van der Waals surface area (Å²) in [5.74, 6) is -0.403. The molecule has 44 heavy (non-hydrogen) atoms. The number of anilines is 1. The van der Waals surface area contributed by atoms with Crippen molar-refractivity contribution in [3.63, 3.8) is 0 Å². The zero-order chi connectivity index (χ0) is 30.6. The minimum Gasteiger partial charge on any atom is -0.477 e. The van der Waals surface area contributed by atoms with Crippen LogP contribution in [0.1, 0.15) is 45.5 Å². The number of piperazine rings is 1. The molecule has 1 fully saturated rings. The molecule has 0 saturated carbocycles. The number of aryl methyl sites for hydroxylation is 1. The van der Waals surface area contributed by atoms with Crippen LogP contribution < -0.4 is 9.64 Å². The van der Waals surface area contributed by atoms with E-state index in [4.69, 9.17) is 15.1 Å². The largest absolute Gasteiger partial charge is 0.477 e. The molecule has 0 spiro atoms. The van der Waals surface area contributed by atoms with Gasteiger partial charge in [-0.25, -0.2) is 23.7 Å². The summed E-state index contributed by atoms with van der Waals surface area (Å²) in [5, 5.41) is 23.3. The van der Waals surface area contributed by atoms with Gasteiger partial charge in [-0.1, -0.05) is 12.1 Å². The molecule has 1 aliphatic rings. The molecule has 0 radical (unpaired) electrons. The molecular formula is C31H30FN9O3. The van der Waals surface area contributed by atoms with Crippen molar-refractivity contribution in [2.75, 3.05) is 31.1 Å². The number of carboxylic acids is 1. The Morgan fingerprint density at radius 3 is 2.73 bits per heavy atom. The second kappa shape index (κ2) is 12.5. The minimum absolute atomic E-state index is 0.00560. The standard InChI is InChI=1S/C31H30FN9O3/c1-2-39-19-34-16-23(39)13-24-27(37-41-20-35-26(31(42)43)14-28(24)41)17-38-8-10-40(11-9-38)29-4-3-5-30(36-29)44-18-22-7-6-21(15-33)12-25(22)32/h3-7,12,14,16,19-20H,2,8-11,13,17-18H2,1H3,(H,42,43). The number of halogens is 1. The SMILES string of the molecule is CCn1cncc1Cc1c(CN2CCN(c3cccc(OCc4ccc(C#N)cc4F)n3)CC2)nn2cnc(C(=O)O)cc12. The van der Waals surface area contributed by atoms with Gasteiger partial charge in [0, 0.05) is 74.8 Å². The molecule has 12 nitrogen and oxygen atoms in total. The fourth-order valence-corrected chi connectivity index (χ4v) is 5.35. The monoisotopic (exact) mass is 595 g/mol. The van der Waals surface area contributed by atoms with Crippen molar-refractivity contribution >= 4 is 17.3 Å². The van der Waals surface area contributed by atoms with E-state index in [-0.39, 0.29) is 17.9 Å². The summed E-state index contributed by atoms with van der Waals surface area (Å²) in [4.78, 5) is 29.1. The normalized spacial score (nSPS) is 13.7. The smallest absolute Gasteiger partial charge is 0.354 e. The van der Waals surface area contributed by atoms with Gasteiger partial charge in [-0.05, 0) is 31.2 Å². The summed E-state index contributed by atoms with van der Waals surface area (Å²) in [6.07, 6.45) is 5.65. The molecular weight excluding hydrogens is 565 g/mol. The Labute approximate surface area is 252 Å². The van der Waals surface area contributed by atoms with Crippen molar-refractivity contribution in [3.8, 4) is 11.9 Å². The number of hydrogen-bond donors (Lipinski definition) is 1. The lowest BCUT2D eigenvalue weighted by Crippen LogP contribution is -2.46. The van der Waals surface area contributed by atoms with Crippen LogP contribution in [0.3, 0.4) is 0 Å². The molecule has 0 amide bonds. The Hall–Kier alpha value is -5.35. The molecule has 0 unspecified atom stereocenters. The van der Waals surface area contributed by atoms with Gasteiger partial charge >= 0.3 is 5.97 Å². The van der Waals surface area contributed by atoms with E-state index in [2.05, 4.69) is 36.2 Å². The van der Waals surface area contributed by atoms with Crippen LogP contribution in [0.4, 0.5) is 10.2 Å². The molecule has 1 aliphatic heterocycles. The van der Waals surface area contributed by atoms with Crippen LogP contribution in [-0.2, 0) is 26.1 Å². The van der Waals surface area contributed by atoms with E-state index in [0.29, 0.717) is 24.4 Å².